The monoisotopic (exact) mass is 215 g/mol. The van der Waals surface area contributed by atoms with Gasteiger partial charge in [0.1, 0.15) is 0 Å². The van der Waals surface area contributed by atoms with E-state index < -0.39 is 0 Å². The Kier molecular flexibility index (Phi) is 3.32. The summed E-state index contributed by atoms with van der Waals surface area (Å²) in [4.78, 5) is 11.5. The lowest BCUT2D eigenvalue weighted by Gasteiger charge is -2.20. The molecule has 0 saturated heterocycles. The molecule has 3 unspecified atom stereocenters. The summed E-state index contributed by atoms with van der Waals surface area (Å²) in [5, 5.41) is 2.85. The summed E-state index contributed by atoms with van der Waals surface area (Å²) in [5.41, 5.74) is 0. The average Bonchev–Trinajstić information content (AvgIpc) is 2.76. The highest BCUT2D eigenvalue weighted by molar-refractivity contribution is 6.18. The number of hydrogen-bond acceptors (Lipinski definition) is 1. The second-order valence-corrected chi connectivity index (χ2v) is 5.06. The number of carbonyl (C=O) groups excluding carboxylic acids is 1. The van der Waals surface area contributed by atoms with Crippen molar-refractivity contribution in [3.63, 3.8) is 0 Å². The predicted octanol–water partition coefficient (Wildman–Crippen LogP) is 2.17. The molecule has 2 fully saturated rings. The van der Waals surface area contributed by atoms with Crippen LogP contribution in [0.3, 0.4) is 0 Å². The summed E-state index contributed by atoms with van der Waals surface area (Å²) in [7, 11) is 0. The van der Waals surface area contributed by atoms with Crippen molar-refractivity contribution in [1.29, 1.82) is 0 Å². The molecule has 0 aromatic heterocycles. The first-order valence-corrected chi connectivity index (χ1v) is 6.15. The smallest absolute Gasteiger partial charge is 0.220 e. The van der Waals surface area contributed by atoms with Crippen LogP contribution in [-0.2, 0) is 4.79 Å². The molecule has 2 aliphatic rings. The first kappa shape index (κ1) is 10.3. The maximum atomic E-state index is 11.5. The lowest BCUT2D eigenvalue weighted by molar-refractivity contribution is -0.122. The Morgan fingerprint density at radius 3 is 2.79 bits per heavy atom. The topological polar surface area (TPSA) is 29.1 Å². The quantitative estimate of drug-likeness (QED) is 0.716. The molecule has 2 nitrogen and oxygen atoms in total. The largest absolute Gasteiger partial charge is 0.355 e. The first-order chi connectivity index (χ1) is 6.79. The zero-order valence-electron chi connectivity index (χ0n) is 8.47. The molecule has 2 bridgehead atoms. The van der Waals surface area contributed by atoms with Crippen molar-refractivity contribution in [3.05, 3.63) is 0 Å². The van der Waals surface area contributed by atoms with Crippen LogP contribution in [0.1, 0.15) is 32.1 Å². The molecule has 0 aliphatic heterocycles. The molecule has 3 heteroatoms. The summed E-state index contributed by atoms with van der Waals surface area (Å²) in [6.45, 7) is 0.612. The van der Waals surface area contributed by atoms with Crippen molar-refractivity contribution < 1.29 is 4.79 Å². The van der Waals surface area contributed by atoms with E-state index in [4.69, 9.17) is 11.6 Å². The number of hydrogen-bond donors (Lipinski definition) is 1. The zero-order valence-corrected chi connectivity index (χ0v) is 9.22. The number of fused-ring (bicyclic) bond motifs is 2. The number of amides is 1. The van der Waals surface area contributed by atoms with E-state index in [0.717, 1.165) is 18.3 Å². The molecular formula is C11H18ClNO. The fraction of sp³-hybridized carbons (Fsp3) is 0.909. The fourth-order valence-electron chi connectivity index (χ4n) is 3.12. The molecule has 80 valence electrons. The molecule has 2 saturated carbocycles. The summed E-state index contributed by atoms with van der Waals surface area (Å²) >= 11 is 5.51. The van der Waals surface area contributed by atoms with Gasteiger partial charge in [0, 0.05) is 18.8 Å². The Hall–Kier alpha value is -0.240. The zero-order chi connectivity index (χ0) is 9.97. The second-order valence-electron chi connectivity index (χ2n) is 4.68. The second kappa shape index (κ2) is 4.52. The van der Waals surface area contributed by atoms with Gasteiger partial charge >= 0.3 is 0 Å². The van der Waals surface area contributed by atoms with Crippen LogP contribution in [0.15, 0.2) is 0 Å². The Labute approximate surface area is 90.4 Å². The number of alkyl halides is 1. The molecule has 1 N–H and O–H groups in total. The van der Waals surface area contributed by atoms with E-state index in [9.17, 15) is 4.79 Å². The minimum Gasteiger partial charge on any atom is -0.355 e. The van der Waals surface area contributed by atoms with Crippen molar-refractivity contribution in [1.82, 2.24) is 5.32 Å². The molecule has 1 amide bonds. The summed E-state index contributed by atoms with van der Waals surface area (Å²) in [6.07, 6.45) is 6.17. The maximum absolute atomic E-state index is 11.5. The van der Waals surface area contributed by atoms with Gasteiger partial charge in [0.25, 0.3) is 0 Å². The van der Waals surface area contributed by atoms with Crippen molar-refractivity contribution in [2.45, 2.75) is 32.1 Å². The van der Waals surface area contributed by atoms with E-state index in [-0.39, 0.29) is 5.91 Å². The number of halogens is 1. The Balaban J connectivity index is 1.73. The Morgan fingerprint density at radius 1 is 1.36 bits per heavy atom. The minimum absolute atomic E-state index is 0.197. The van der Waals surface area contributed by atoms with Gasteiger partial charge in [-0.25, -0.2) is 0 Å². The van der Waals surface area contributed by atoms with Crippen molar-refractivity contribution in [2.75, 3.05) is 12.4 Å². The van der Waals surface area contributed by atoms with E-state index in [1.807, 2.05) is 0 Å². The van der Waals surface area contributed by atoms with Crippen LogP contribution >= 0.6 is 11.6 Å². The fourth-order valence-corrected chi connectivity index (χ4v) is 3.22. The van der Waals surface area contributed by atoms with E-state index in [1.165, 1.54) is 25.7 Å². The first-order valence-electron chi connectivity index (χ1n) is 5.62. The molecular weight excluding hydrogens is 198 g/mol. The normalized spacial score (nSPS) is 34.8. The number of nitrogens with one attached hydrogen (secondary N) is 1. The highest BCUT2D eigenvalue weighted by atomic mass is 35.5. The van der Waals surface area contributed by atoms with Crippen LogP contribution < -0.4 is 5.32 Å². The van der Waals surface area contributed by atoms with Crippen molar-refractivity contribution in [3.8, 4) is 0 Å². The molecule has 0 radical (unpaired) electrons. The van der Waals surface area contributed by atoms with Gasteiger partial charge in [-0.15, -0.1) is 11.6 Å². The lowest BCUT2D eigenvalue weighted by atomic mass is 9.86. The van der Waals surface area contributed by atoms with Gasteiger partial charge in [0.15, 0.2) is 0 Å². The predicted molar refractivity (Wildman–Crippen MR) is 57.3 cm³/mol. The van der Waals surface area contributed by atoms with Crippen molar-refractivity contribution in [2.24, 2.45) is 17.8 Å². The highest BCUT2D eigenvalue weighted by Gasteiger charge is 2.39. The molecule has 0 aromatic carbocycles. The van der Waals surface area contributed by atoms with Gasteiger partial charge in [0.2, 0.25) is 5.91 Å². The Morgan fingerprint density at radius 2 is 2.21 bits per heavy atom. The van der Waals surface area contributed by atoms with Crippen LogP contribution in [0.2, 0.25) is 0 Å². The van der Waals surface area contributed by atoms with Gasteiger partial charge in [-0.05, 0) is 37.0 Å². The average molecular weight is 216 g/mol. The van der Waals surface area contributed by atoms with Gasteiger partial charge < -0.3 is 5.32 Å². The van der Waals surface area contributed by atoms with Crippen LogP contribution in [0.5, 0.6) is 0 Å². The van der Waals surface area contributed by atoms with Gasteiger partial charge in [-0.1, -0.05) is 6.42 Å². The standard InChI is InChI=1S/C11H18ClNO/c12-3-4-13-11(14)7-10-6-8-1-2-9(10)5-8/h8-10H,1-7H2,(H,13,14). The highest BCUT2D eigenvalue weighted by Crippen LogP contribution is 2.49. The van der Waals surface area contributed by atoms with Gasteiger partial charge in [-0.2, -0.15) is 0 Å². The number of rotatable bonds is 4. The van der Waals surface area contributed by atoms with Crippen LogP contribution in [-0.4, -0.2) is 18.3 Å². The molecule has 2 aliphatic carbocycles. The molecule has 14 heavy (non-hydrogen) atoms. The minimum atomic E-state index is 0.197. The lowest BCUT2D eigenvalue weighted by Crippen LogP contribution is -2.28. The summed E-state index contributed by atoms with van der Waals surface area (Å²) < 4.78 is 0. The van der Waals surface area contributed by atoms with Crippen LogP contribution in [0.4, 0.5) is 0 Å². The van der Waals surface area contributed by atoms with E-state index in [2.05, 4.69) is 5.32 Å². The third-order valence-electron chi connectivity index (χ3n) is 3.75. The molecule has 2 rings (SSSR count). The van der Waals surface area contributed by atoms with Crippen molar-refractivity contribution >= 4 is 17.5 Å². The third kappa shape index (κ3) is 2.22. The van der Waals surface area contributed by atoms with E-state index >= 15 is 0 Å². The van der Waals surface area contributed by atoms with E-state index in [1.54, 1.807) is 0 Å². The molecule has 0 aromatic rings. The molecule has 0 spiro atoms. The van der Waals surface area contributed by atoms with E-state index in [0.29, 0.717) is 18.3 Å². The molecule has 0 heterocycles. The van der Waals surface area contributed by atoms with Crippen LogP contribution in [0, 0.1) is 17.8 Å². The maximum Gasteiger partial charge on any atom is 0.220 e. The molecule has 3 atom stereocenters. The number of carbonyl (C=O) groups is 1. The SMILES string of the molecule is O=C(CC1CC2CCC1C2)NCCCl. The van der Waals surface area contributed by atoms with Gasteiger partial charge in [0.05, 0.1) is 0 Å². The summed E-state index contributed by atoms with van der Waals surface area (Å²) in [5.74, 6) is 3.17. The van der Waals surface area contributed by atoms with Crippen LogP contribution in [0.25, 0.3) is 0 Å². The summed E-state index contributed by atoms with van der Waals surface area (Å²) in [6, 6.07) is 0. The van der Waals surface area contributed by atoms with Gasteiger partial charge in [-0.3, -0.25) is 4.79 Å². The third-order valence-corrected chi connectivity index (χ3v) is 3.94. The Bertz CT molecular complexity index is 219.